The van der Waals surface area contributed by atoms with Crippen LogP contribution < -0.4 is 9.47 Å². The van der Waals surface area contributed by atoms with Crippen LogP contribution in [-0.2, 0) is 11.2 Å². The highest BCUT2D eigenvalue weighted by molar-refractivity contribution is 5.95. The topological polar surface area (TPSA) is 55.8 Å². The van der Waals surface area contributed by atoms with Gasteiger partial charge in [-0.15, -0.1) is 0 Å². The minimum atomic E-state index is -0.511. The van der Waals surface area contributed by atoms with E-state index >= 15 is 0 Å². The molecule has 3 aromatic carbocycles. The second-order valence-electron chi connectivity index (χ2n) is 9.45. The number of nitrogens with zero attached hydrogens (tertiary/aromatic N) is 1. The summed E-state index contributed by atoms with van der Waals surface area (Å²) in [5, 5.41) is 0. The molecule has 0 radical (unpaired) electrons. The summed E-state index contributed by atoms with van der Waals surface area (Å²) in [7, 11) is 0. The highest BCUT2D eigenvalue weighted by Gasteiger charge is 2.31. The van der Waals surface area contributed by atoms with Gasteiger partial charge in [-0.3, -0.25) is 9.59 Å². The molecule has 186 valence electrons. The molecular formula is C30H30FNO4. The number of hydrogen-bond donors (Lipinski definition) is 0. The van der Waals surface area contributed by atoms with Gasteiger partial charge in [-0.2, -0.15) is 0 Å². The number of carbonyl (C=O) groups is 2. The zero-order valence-electron chi connectivity index (χ0n) is 20.2. The van der Waals surface area contributed by atoms with Crippen LogP contribution in [0.1, 0.15) is 45.8 Å². The number of alkyl halides is 1. The Morgan fingerprint density at radius 2 is 1.72 bits per heavy atom. The number of carbonyl (C=O) groups excluding carboxylic acids is 2. The van der Waals surface area contributed by atoms with Crippen molar-refractivity contribution in [2.24, 2.45) is 5.92 Å². The van der Waals surface area contributed by atoms with Crippen molar-refractivity contribution in [2.75, 3.05) is 33.0 Å². The first kappa shape index (κ1) is 24.0. The van der Waals surface area contributed by atoms with Crippen molar-refractivity contribution in [2.45, 2.75) is 25.2 Å². The Hall–Kier alpha value is -3.67. The SMILES string of the molecule is O=C1COc2ccc(C(=O)N3CCC([C@@H](c4ccccc4)c4ccc(OCCF)cc4)CC3)cc2C1. The molecule has 6 heteroatoms. The Kier molecular flexibility index (Phi) is 7.31. The maximum atomic E-state index is 13.3. The number of rotatable bonds is 7. The minimum Gasteiger partial charge on any atom is -0.491 e. The van der Waals surface area contributed by atoms with Crippen LogP contribution in [0.25, 0.3) is 0 Å². The van der Waals surface area contributed by atoms with Crippen LogP contribution in [0.3, 0.4) is 0 Å². The van der Waals surface area contributed by atoms with Gasteiger partial charge < -0.3 is 14.4 Å². The largest absolute Gasteiger partial charge is 0.491 e. The number of piperidine rings is 1. The average molecular weight is 488 g/mol. The fourth-order valence-corrected chi connectivity index (χ4v) is 5.36. The molecule has 0 N–H and O–H groups in total. The zero-order chi connectivity index (χ0) is 24.9. The first-order valence-corrected chi connectivity index (χ1v) is 12.5. The lowest BCUT2D eigenvalue weighted by atomic mass is 9.76. The molecule has 1 amide bonds. The van der Waals surface area contributed by atoms with Gasteiger partial charge in [0.2, 0.25) is 0 Å². The van der Waals surface area contributed by atoms with Gasteiger partial charge in [0.15, 0.2) is 5.78 Å². The van der Waals surface area contributed by atoms with E-state index in [4.69, 9.17) is 9.47 Å². The summed E-state index contributed by atoms with van der Waals surface area (Å²) >= 11 is 0. The minimum absolute atomic E-state index is 0.0000943. The normalized spacial score (nSPS) is 16.7. The van der Waals surface area contributed by atoms with Gasteiger partial charge in [-0.05, 0) is 60.2 Å². The van der Waals surface area contributed by atoms with Crippen molar-refractivity contribution in [1.82, 2.24) is 4.90 Å². The summed E-state index contributed by atoms with van der Waals surface area (Å²) in [4.78, 5) is 26.9. The van der Waals surface area contributed by atoms with Crippen molar-refractivity contribution >= 4 is 11.7 Å². The fourth-order valence-electron chi connectivity index (χ4n) is 5.36. The second kappa shape index (κ2) is 10.9. The van der Waals surface area contributed by atoms with Crippen LogP contribution in [0.5, 0.6) is 11.5 Å². The summed E-state index contributed by atoms with van der Waals surface area (Å²) < 4.78 is 23.4. The number of amides is 1. The van der Waals surface area contributed by atoms with Crippen molar-refractivity contribution in [3.8, 4) is 11.5 Å². The lowest BCUT2D eigenvalue weighted by Gasteiger charge is -2.37. The first-order valence-electron chi connectivity index (χ1n) is 12.5. The highest BCUT2D eigenvalue weighted by atomic mass is 19.1. The van der Waals surface area contributed by atoms with Gasteiger partial charge in [0.25, 0.3) is 5.91 Å². The summed E-state index contributed by atoms with van der Waals surface area (Å²) in [5.41, 5.74) is 3.83. The van der Waals surface area contributed by atoms with E-state index in [0.717, 1.165) is 18.4 Å². The predicted molar refractivity (Wildman–Crippen MR) is 135 cm³/mol. The molecular weight excluding hydrogens is 457 g/mol. The number of ether oxygens (including phenoxy) is 2. The number of benzene rings is 3. The maximum absolute atomic E-state index is 13.3. The van der Waals surface area contributed by atoms with E-state index in [-0.39, 0.29) is 30.8 Å². The monoisotopic (exact) mass is 487 g/mol. The average Bonchev–Trinajstić information content (AvgIpc) is 2.93. The van der Waals surface area contributed by atoms with Gasteiger partial charge in [0, 0.05) is 36.6 Å². The van der Waals surface area contributed by atoms with Gasteiger partial charge >= 0.3 is 0 Å². The molecule has 36 heavy (non-hydrogen) atoms. The first-order chi connectivity index (χ1) is 17.6. The number of hydrogen-bond acceptors (Lipinski definition) is 4. The molecule has 2 aliphatic heterocycles. The van der Waals surface area contributed by atoms with Crippen LogP contribution >= 0.6 is 0 Å². The van der Waals surface area contributed by atoms with Crippen molar-refractivity contribution in [1.29, 1.82) is 0 Å². The Morgan fingerprint density at radius 3 is 2.44 bits per heavy atom. The number of likely N-dealkylation sites (tertiary alicyclic amines) is 1. The van der Waals surface area contributed by atoms with E-state index in [1.807, 2.05) is 23.1 Å². The third-order valence-electron chi connectivity index (χ3n) is 7.13. The Bertz CT molecular complexity index is 1200. The van der Waals surface area contributed by atoms with E-state index in [0.29, 0.717) is 42.5 Å². The highest BCUT2D eigenvalue weighted by Crippen LogP contribution is 2.39. The summed E-state index contributed by atoms with van der Waals surface area (Å²) in [5.74, 6) is 1.97. The number of Topliss-reactive ketones (excluding diaryl/α,β-unsaturated/α-hetero) is 1. The molecule has 1 saturated heterocycles. The summed E-state index contributed by atoms with van der Waals surface area (Å²) in [6.07, 6.45) is 2.09. The summed E-state index contributed by atoms with van der Waals surface area (Å²) in [6, 6.07) is 23.8. The molecule has 0 bridgehead atoms. The van der Waals surface area contributed by atoms with E-state index in [1.165, 1.54) is 11.1 Å². The molecule has 0 unspecified atom stereocenters. The van der Waals surface area contributed by atoms with Crippen LogP contribution in [-0.4, -0.2) is 49.6 Å². The van der Waals surface area contributed by atoms with Crippen LogP contribution in [0, 0.1) is 5.92 Å². The Morgan fingerprint density at radius 1 is 1.00 bits per heavy atom. The molecule has 0 saturated carbocycles. The molecule has 1 fully saturated rings. The van der Waals surface area contributed by atoms with Gasteiger partial charge in [-0.25, -0.2) is 4.39 Å². The molecule has 0 spiro atoms. The van der Waals surface area contributed by atoms with Crippen LogP contribution in [0.4, 0.5) is 4.39 Å². The van der Waals surface area contributed by atoms with Crippen molar-refractivity contribution in [3.05, 3.63) is 95.1 Å². The molecule has 1 atom stereocenters. The number of halogens is 1. The quantitative estimate of drug-likeness (QED) is 0.458. The number of ketones is 1. The lowest BCUT2D eigenvalue weighted by molar-refractivity contribution is -0.121. The predicted octanol–water partition coefficient (Wildman–Crippen LogP) is 5.22. The molecule has 0 aliphatic carbocycles. The Balaban J connectivity index is 1.30. The summed E-state index contributed by atoms with van der Waals surface area (Å²) in [6.45, 7) is 1.00. The molecule has 3 aromatic rings. The lowest BCUT2D eigenvalue weighted by Crippen LogP contribution is -2.40. The smallest absolute Gasteiger partial charge is 0.253 e. The third kappa shape index (κ3) is 5.27. The maximum Gasteiger partial charge on any atom is 0.253 e. The van der Waals surface area contributed by atoms with E-state index in [1.54, 1.807) is 18.2 Å². The molecule has 0 aromatic heterocycles. The molecule has 5 nitrogen and oxygen atoms in total. The second-order valence-corrected chi connectivity index (χ2v) is 9.45. The molecule has 5 rings (SSSR count). The van der Waals surface area contributed by atoms with Crippen molar-refractivity contribution in [3.63, 3.8) is 0 Å². The number of fused-ring (bicyclic) bond motifs is 1. The van der Waals surface area contributed by atoms with Crippen molar-refractivity contribution < 1.29 is 23.5 Å². The molecule has 2 heterocycles. The third-order valence-corrected chi connectivity index (χ3v) is 7.13. The standard InChI is InChI=1S/C30H30FNO4/c31-14-17-35-27-9-6-22(7-10-27)29(21-4-2-1-3-5-21)23-12-15-32(16-13-23)30(34)24-8-11-28-25(18-24)19-26(33)20-36-28/h1-11,18,23,29H,12-17,19-20H2/t29-/m0/s1. The van der Waals surface area contributed by atoms with E-state index in [9.17, 15) is 14.0 Å². The zero-order valence-corrected chi connectivity index (χ0v) is 20.2. The molecule has 2 aliphatic rings. The fraction of sp³-hybridized carbons (Fsp3) is 0.333. The van der Waals surface area contributed by atoms with E-state index in [2.05, 4.69) is 36.4 Å². The van der Waals surface area contributed by atoms with Gasteiger partial charge in [0.1, 0.15) is 31.4 Å². The van der Waals surface area contributed by atoms with Crippen LogP contribution in [0.2, 0.25) is 0 Å². The van der Waals surface area contributed by atoms with Gasteiger partial charge in [0.05, 0.1) is 0 Å². The Labute approximate surface area is 210 Å². The van der Waals surface area contributed by atoms with Gasteiger partial charge in [-0.1, -0.05) is 42.5 Å². The van der Waals surface area contributed by atoms with Crippen LogP contribution in [0.15, 0.2) is 72.8 Å². The van der Waals surface area contributed by atoms with E-state index < -0.39 is 6.67 Å².